The van der Waals surface area contributed by atoms with Gasteiger partial charge in [-0.05, 0) is 49.1 Å². The number of carbonyl (C=O) groups excluding carboxylic acids is 2. The van der Waals surface area contributed by atoms with Crippen molar-refractivity contribution in [3.05, 3.63) is 99.5 Å². The maximum absolute atomic E-state index is 14.3. The van der Waals surface area contributed by atoms with Crippen LogP contribution in [0, 0.1) is 6.92 Å². The number of para-hydroxylation sites is 1. The van der Waals surface area contributed by atoms with Crippen molar-refractivity contribution >= 4 is 50.7 Å². The van der Waals surface area contributed by atoms with Gasteiger partial charge in [0.05, 0.1) is 11.9 Å². The fraction of sp³-hybridized carbons (Fsp3) is 0.375. The molecule has 1 N–H and O–H groups in total. The topological polar surface area (TPSA) is 86.8 Å². The van der Waals surface area contributed by atoms with Crippen LogP contribution in [-0.4, -0.2) is 50.0 Å². The largest absolute Gasteiger partial charge is 0.352 e. The van der Waals surface area contributed by atoms with E-state index < -0.39 is 28.5 Å². The zero-order chi connectivity index (χ0) is 30.3. The number of nitrogens with zero attached hydrogens (tertiary/aromatic N) is 2. The van der Waals surface area contributed by atoms with Crippen LogP contribution in [0.15, 0.2) is 72.8 Å². The molecule has 0 aliphatic heterocycles. The molecule has 0 radical (unpaired) electrons. The molecule has 0 saturated heterocycles. The van der Waals surface area contributed by atoms with Gasteiger partial charge in [-0.1, -0.05) is 97.1 Å². The monoisotopic (exact) mass is 629 g/mol. The number of halogens is 2. The summed E-state index contributed by atoms with van der Waals surface area (Å²) in [6.07, 6.45) is 6.26. The SMILES string of the molecule is Cc1ccccc1N(CC(=O)N(Cc1c(Cl)cccc1Cl)C(Cc1ccccc1)C(=O)NC1CCCCC1)S(C)(=O)=O. The van der Waals surface area contributed by atoms with Gasteiger partial charge in [-0.25, -0.2) is 8.42 Å². The third-order valence-corrected chi connectivity index (χ3v) is 9.51. The van der Waals surface area contributed by atoms with Crippen molar-refractivity contribution in [1.29, 1.82) is 0 Å². The Morgan fingerprint density at radius 2 is 1.52 bits per heavy atom. The number of aryl methyl sites for hydroxylation is 1. The van der Waals surface area contributed by atoms with Crippen molar-refractivity contribution < 1.29 is 18.0 Å². The number of sulfonamides is 1. The van der Waals surface area contributed by atoms with E-state index in [-0.39, 0.29) is 24.9 Å². The first-order chi connectivity index (χ1) is 20.0. The van der Waals surface area contributed by atoms with Gasteiger partial charge >= 0.3 is 0 Å². The van der Waals surface area contributed by atoms with Crippen molar-refractivity contribution in [3.63, 3.8) is 0 Å². The summed E-state index contributed by atoms with van der Waals surface area (Å²) in [5, 5.41) is 3.89. The fourth-order valence-electron chi connectivity index (χ4n) is 5.39. The molecule has 0 heterocycles. The summed E-state index contributed by atoms with van der Waals surface area (Å²) in [7, 11) is -3.85. The lowest BCUT2D eigenvalue weighted by Crippen LogP contribution is -2.55. The average Bonchev–Trinajstić information content (AvgIpc) is 2.96. The first-order valence-corrected chi connectivity index (χ1v) is 16.7. The fourth-order valence-corrected chi connectivity index (χ4v) is 6.81. The van der Waals surface area contributed by atoms with Crippen molar-refractivity contribution in [3.8, 4) is 0 Å². The first kappa shape index (κ1) is 31.9. The zero-order valence-corrected chi connectivity index (χ0v) is 26.3. The molecule has 2 amide bonds. The minimum Gasteiger partial charge on any atom is -0.352 e. The Labute approximate surface area is 258 Å². The zero-order valence-electron chi connectivity index (χ0n) is 23.9. The summed E-state index contributed by atoms with van der Waals surface area (Å²) < 4.78 is 27.1. The molecule has 3 aromatic rings. The number of rotatable bonds is 11. The van der Waals surface area contributed by atoms with Crippen LogP contribution in [0.3, 0.4) is 0 Å². The highest BCUT2D eigenvalue weighted by atomic mass is 35.5. The van der Waals surface area contributed by atoms with E-state index in [1.54, 1.807) is 49.4 Å². The number of amides is 2. The quantitative estimate of drug-likeness (QED) is 0.275. The number of carbonyl (C=O) groups is 2. The van der Waals surface area contributed by atoms with E-state index in [4.69, 9.17) is 23.2 Å². The van der Waals surface area contributed by atoms with Crippen molar-refractivity contribution in [2.75, 3.05) is 17.1 Å². The third kappa shape index (κ3) is 8.27. The van der Waals surface area contributed by atoms with Crippen molar-refractivity contribution in [2.45, 2.75) is 64.1 Å². The molecule has 1 aliphatic carbocycles. The molecule has 1 aliphatic rings. The molecule has 4 rings (SSSR count). The number of benzene rings is 3. The normalized spacial score (nSPS) is 14.7. The van der Waals surface area contributed by atoms with Gasteiger partial charge in [0, 0.05) is 34.6 Å². The van der Waals surface area contributed by atoms with Gasteiger partial charge in [-0.15, -0.1) is 0 Å². The van der Waals surface area contributed by atoms with Crippen LogP contribution < -0.4 is 9.62 Å². The predicted molar refractivity (Wildman–Crippen MR) is 169 cm³/mol. The van der Waals surface area contributed by atoms with E-state index in [2.05, 4.69) is 5.32 Å². The Bertz CT molecular complexity index is 1470. The number of nitrogens with one attached hydrogen (secondary N) is 1. The molecule has 42 heavy (non-hydrogen) atoms. The Balaban J connectivity index is 1.76. The predicted octanol–water partition coefficient (Wildman–Crippen LogP) is 6.16. The highest BCUT2D eigenvalue weighted by Gasteiger charge is 2.35. The molecular weight excluding hydrogens is 593 g/mol. The number of hydrogen-bond acceptors (Lipinski definition) is 4. The third-order valence-electron chi connectivity index (χ3n) is 7.68. The van der Waals surface area contributed by atoms with Crippen LogP contribution >= 0.6 is 23.2 Å². The summed E-state index contributed by atoms with van der Waals surface area (Å²) in [6.45, 7) is 1.22. The van der Waals surface area contributed by atoms with Crippen LogP contribution in [-0.2, 0) is 32.6 Å². The molecule has 7 nitrogen and oxygen atoms in total. The molecule has 224 valence electrons. The van der Waals surface area contributed by atoms with E-state index in [9.17, 15) is 18.0 Å². The van der Waals surface area contributed by atoms with E-state index in [0.29, 0.717) is 26.9 Å². The molecule has 1 saturated carbocycles. The van der Waals surface area contributed by atoms with E-state index in [1.807, 2.05) is 30.3 Å². The van der Waals surface area contributed by atoms with Crippen LogP contribution in [0.1, 0.15) is 48.8 Å². The lowest BCUT2D eigenvalue weighted by atomic mass is 9.94. The van der Waals surface area contributed by atoms with Gasteiger partial charge in [0.1, 0.15) is 12.6 Å². The Morgan fingerprint density at radius 3 is 2.14 bits per heavy atom. The van der Waals surface area contributed by atoms with E-state index in [0.717, 1.165) is 48.2 Å². The molecule has 1 unspecified atom stereocenters. The lowest BCUT2D eigenvalue weighted by Gasteiger charge is -2.35. The summed E-state index contributed by atoms with van der Waals surface area (Å²) in [5.41, 5.74) is 2.45. The minimum absolute atomic E-state index is 0.0184. The molecule has 0 spiro atoms. The summed E-state index contributed by atoms with van der Waals surface area (Å²) >= 11 is 13.1. The van der Waals surface area contributed by atoms with E-state index in [1.165, 1.54) is 4.90 Å². The highest BCUT2D eigenvalue weighted by molar-refractivity contribution is 7.92. The maximum Gasteiger partial charge on any atom is 0.244 e. The van der Waals surface area contributed by atoms with Gasteiger partial charge in [-0.2, -0.15) is 0 Å². The Kier molecular flexibility index (Phi) is 10.9. The second-order valence-corrected chi connectivity index (χ2v) is 13.5. The summed E-state index contributed by atoms with van der Waals surface area (Å²) in [6, 6.07) is 20.6. The second-order valence-electron chi connectivity index (χ2n) is 10.8. The summed E-state index contributed by atoms with van der Waals surface area (Å²) in [5.74, 6) is -0.830. The minimum atomic E-state index is -3.85. The number of hydrogen-bond donors (Lipinski definition) is 1. The van der Waals surface area contributed by atoms with Crippen molar-refractivity contribution in [1.82, 2.24) is 10.2 Å². The molecular formula is C32H37Cl2N3O4S. The van der Waals surface area contributed by atoms with Crippen molar-refractivity contribution in [2.24, 2.45) is 0 Å². The summed E-state index contributed by atoms with van der Waals surface area (Å²) in [4.78, 5) is 29.7. The average molecular weight is 631 g/mol. The van der Waals surface area contributed by atoms with Gasteiger partial charge in [0.15, 0.2) is 0 Å². The van der Waals surface area contributed by atoms with Crippen LogP contribution in [0.25, 0.3) is 0 Å². The van der Waals surface area contributed by atoms with E-state index >= 15 is 0 Å². The van der Waals surface area contributed by atoms with Gasteiger partial charge in [0.2, 0.25) is 21.8 Å². The lowest BCUT2D eigenvalue weighted by molar-refractivity contribution is -0.140. The standard InChI is InChI=1S/C32H37Cl2N3O4S/c1-23-12-9-10-19-29(23)37(42(2,40)41)22-31(38)36(21-26-27(33)17-11-18-28(26)34)30(20-24-13-5-3-6-14-24)32(39)35-25-15-7-4-8-16-25/h3,5-6,9-14,17-19,25,30H,4,7-8,15-16,20-22H2,1-2H3,(H,35,39). The highest BCUT2D eigenvalue weighted by Crippen LogP contribution is 2.29. The molecule has 0 aromatic heterocycles. The maximum atomic E-state index is 14.3. The molecule has 10 heteroatoms. The molecule has 1 atom stereocenters. The second kappa shape index (κ2) is 14.4. The first-order valence-electron chi connectivity index (χ1n) is 14.1. The molecule has 0 bridgehead atoms. The van der Waals surface area contributed by atoms with Crippen LogP contribution in [0.5, 0.6) is 0 Å². The molecule has 3 aromatic carbocycles. The molecule has 1 fully saturated rings. The van der Waals surface area contributed by atoms with Crippen LogP contribution in [0.4, 0.5) is 5.69 Å². The van der Waals surface area contributed by atoms with Gasteiger partial charge in [0.25, 0.3) is 0 Å². The van der Waals surface area contributed by atoms with Crippen LogP contribution in [0.2, 0.25) is 10.0 Å². The van der Waals surface area contributed by atoms with Gasteiger partial charge in [-0.3, -0.25) is 13.9 Å². The Morgan fingerprint density at radius 1 is 0.905 bits per heavy atom. The number of anilines is 1. The smallest absolute Gasteiger partial charge is 0.244 e. The Hall–Kier alpha value is -3.07. The van der Waals surface area contributed by atoms with Gasteiger partial charge < -0.3 is 10.2 Å².